The van der Waals surface area contributed by atoms with Crippen molar-refractivity contribution in [2.45, 2.75) is 37.9 Å². The van der Waals surface area contributed by atoms with Crippen molar-refractivity contribution in [3.63, 3.8) is 0 Å². The molecule has 1 fully saturated rings. The second-order valence-corrected chi connectivity index (χ2v) is 10.1. The maximum absolute atomic E-state index is 13.1. The van der Waals surface area contributed by atoms with Crippen LogP contribution >= 0.6 is 11.6 Å². The Kier molecular flexibility index (Phi) is 9.64. The molecule has 0 spiro atoms. The summed E-state index contributed by atoms with van der Waals surface area (Å²) in [4.78, 5) is 32.9. The van der Waals surface area contributed by atoms with Gasteiger partial charge in [-0.05, 0) is 49.6 Å². The number of nitrogens with one attached hydrogen (secondary N) is 1. The highest BCUT2D eigenvalue weighted by Gasteiger charge is 2.32. The summed E-state index contributed by atoms with van der Waals surface area (Å²) in [5.74, 6) is 6.66. The minimum atomic E-state index is -0.805. The lowest BCUT2D eigenvalue weighted by atomic mass is 10.0. The molecule has 1 amide bonds. The molecule has 0 radical (unpaired) electrons. The Morgan fingerprint density at radius 2 is 2.10 bits per heavy atom. The number of rotatable bonds is 9. The van der Waals surface area contributed by atoms with Gasteiger partial charge in [0, 0.05) is 31.8 Å². The third kappa shape index (κ3) is 7.20. The zero-order chi connectivity index (χ0) is 27.8. The molecule has 2 aromatic rings. The normalized spacial score (nSPS) is 18.4. The molecular formula is C30H34ClN5O3. The van der Waals surface area contributed by atoms with Crippen molar-refractivity contribution in [1.82, 2.24) is 10.2 Å². The Morgan fingerprint density at radius 3 is 2.79 bits per heavy atom. The number of anilines is 1. The number of nitrogens with zero attached hydrogens (tertiary/aromatic N) is 3. The van der Waals surface area contributed by atoms with Crippen LogP contribution in [0.15, 0.2) is 64.8 Å². The lowest BCUT2D eigenvalue weighted by Crippen LogP contribution is -2.49. The predicted molar refractivity (Wildman–Crippen MR) is 155 cm³/mol. The van der Waals surface area contributed by atoms with Crippen molar-refractivity contribution in [2.24, 2.45) is 10.7 Å². The van der Waals surface area contributed by atoms with Crippen molar-refractivity contribution >= 4 is 34.7 Å². The maximum Gasteiger partial charge on any atom is 0.270 e. The van der Waals surface area contributed by atoms with Crippen molar-refractivity contribution in [3.05, 3.63) is 70.9 Å². The van der Waals surface area contributed by atoms with Crippen LogP contribution in [0.25, 0.3) is 0 Å². The van der Waals surface area contributed by atoms with Crippen LogP contribution in [0.2, 0.25) is 0 Å². The third-order valence-corrected chi connectivity index (χ3v) is 7.12. The van der Waals surface area contributed by atoms with Gasteiger partial charge in [0.05, 0.1) is 18.3 Å². The first-order valence-corrected chi connectivity index (χ1v) is 13.4. The summed E-state index contributed by atoms with van der Waals surface area (Å²) in [7, 11) is 3.83. The topological polar surface area (TPSA) is 100 Å². The molecule has 2 unspecified atom stereocenters. The van der Waals surface area contributed by atoms with Gasteiger partial charge in [0.1, 0.15) is 35.6 Å². The molecule has 4 rings (SSSR count). The van der Waals surface area contributed by atoms with E-state index < -0.39 is 11.9 Å². The number of aliphatic imine (C=N–C) groups is 1. The van der Waals surface area contributed by atoms with Gasteiger partial charge in [0.2, 0.25) is 0 Å². The van der Waals surface area contributed by atoms with Gasteiger partial charge in [-0.15, -0.1) is 0 Å². The van der Waals surface area contributed by atoms with E-state index in [2.05, 4.69) is 22.2 Å². The smallest absolute Gasteiger partial charge is 0.270 e. The summed E-state index contributed by atoms with van der Waals surface area (Å²) in [6.45, 7) is 1.66. The number of carbonyl (C=O) groups is 2. The summed E-state index contributed by atoms with van der Waals surface area (Å²) >= 11 is 6.42. The minimum Gasteiger partial charge on any atom is -0.489 e. The molecule has 39 heavy (non-hydrogen) atoms. The van der Waals surface area contributed by atoms with Gasteiger partial charge in [0.15, 0.2) is 0 Å². The molecule has 0 aromatic heterocycles. The molecule has 0 saturated carbocycles. The van der Waals surface area contributed by atoms with Gasteiger partial charge in [-0.25, -0.2) is 0 Å². The van der Waals surface area contributed by atoms with Crippen LogP contribution in [0, 0.1) is 11.8 Å². The highest BCUT2D eigenvalue weighted by molar-refractivity contribution is 6.69. The van der Waals surface area contributed by atoms with E-state index in [1.165, 1.54) is 4.90 Å². The van der Waals surface area contributed by atoms with Gasteiger partial charge < -0.3 is 30.4 Å². The van der Waals surface area contributed by atoms with E-state index in [-0.39, 0.29) is 30.1 Å². The lowest BCUT2D eigenvalue weighted by molar-refractivity contribution is -0.134. The average molecular weight is 548 g/mol. The minimum absolute atomic E-state index is 0.00331. The number of aldehydes is 1. The van der Waals surface area contributed by atoms with Gasteiger partial charge >= 0.3 is 0 Å². The number of amides is 1. The summed E-state index contributed by atoms with van der Waals surface area (Å²) in [6, 6.07) is 14.8. The number of carbonyl (C=O) groups excluding carboxylic acids is 2. The Bertz CT molecular complexity index is 1310. The van der Waals surface area contributed by atoms with Crippen LogP contribution in [-0.4, -0.2) is 68.1 Å². The molecule has 9 heteroatoms. The first-order chi connectivity index (χ1) is 18.9. The first kappa shape index (κ1) is 28.2. The predicted octanol–water partition coefficient (Wildman–Crippen LogP) is 3.09. The number of hydrogen-bond acceptors (Lipinski definition) is 7. The summed E-state index contributed by atoms with van der Waals surface area (Å²) in [5, 5.41) is 3.59. The molecule has 8 nitrogen and oxygen atoms in total. The number of benzene rings is 2. The van der Waals surface area contributed by atoms with Crippen LogP contribution < -0.4 is 20.7 Å². The largest absolute Gasteiger partial charge is 0.489 e. The Hall–Kier alpha value is -3.80. The molecule has 0 aliphatic carbocycles. The molecule has 1 saturated heterocycles. The number of ether oxygens (including phenoxy) is 1. The number of hydrogen-bond donors (Lipinski definition) is 2. The monoisotopic (exact) mass is 547 g/mol. The maximum atomic E-state index is 13.1. The van der Waals surface area contributed by atoms with Gasteiger partial charge in [-0.3, -0.25) is 9.79 Å². The van der Waals surface area contributed by atoms with E-state index in [4.69, 9.17) is 22.1 Å². The van der Waals surface area contributed by atoms with E-state index in [1.807, 2.05) is 67.5 Å². The van der Waals surface area contributed by atoms with Gasteiger partial charge in [-0.1, -0.05) is 53.8 Å². The Balaban J connectivity index is 1.43. The second-order valence-electron chi connectivity index (χ2n) is 9.74. The second kappa shape index (κ2) is 13.3. The molecule has 3 N–H and O–H groups in total. The molecule has 2 atom stereocenters. The van der Waals surface area contributed by atoms with E-state index in [9.17, 15) is 9.59 Å². The van der Waals surface area contributed by atoms with Crippen LogP contribution in [0.4, 0.5) is 5.69 Å². The van der Waals surface area contributed by atoms with Crippen molar-refractivity contribution < 1.29 is 14.3 Å². The highest BCUT2D eigenvalue weighted by atomic mass is 35.5. The molecule has 2 aliphatic heterocycles. The molecule has 0 bridgehead atoms. The summed E-state index contributed by atoms with van der Waals surface area (Å²) in [5.41, 5.74) is 9.40. The molecule has 204 valence electrons. The average Bonchev–Trinajstić information content (AvgIpc) is 3.47. The first-order valence-electron chi connectivity index (χ1n) is 13.1. The molecular weight excluding hydrogens is 514 g/mol. The number of nitrogens with two attached hydrogens (primary N) is 1. The zero-order valence-corrected chi connectivity index (χ0v) is 23.1. The third-order valence-electron chi connectivity index (χ3n) is 6.77. The Morgan fingerprint density at radius 1 is 1.31 bits per heavy atom. The molecule has 2 aliphatic rings. The zero-order valence-electron chi connectivity index (χ0n) is 22.3. The van der Waals surface area contributed by atoms with Crippen LogP contribution in [0.1, 0.15) is 30.4 Å². The van der Waals surface area contributed by atoms with Crippen LogP contribution in [0.3, 0.4) is 0 Å². The fraction of sp³-hybridized carbons (Fsp3) is 0.367. The standard InChI is InChI=1S/C30H34ClN5O3/c1-35(2)26-17-21(10-12-23-9-6-15-33-23)11-13-27(26)39-20-24(19-37)36-16-14-25(28(32)30(36)38)29(31)34-18-22-7-4-3-5-8-22/h3-5,7-8,11,13,17,19,23-24,33H,6,9,14-16,18,20,32H2,1-2H3. The van der Waals surface area contributed by atoms with E-state index in [0.717, 1.165) is 36.2 Å². The SMILES string of the molecule is CN(C)c1cc(C#CC2CCCN2)ccc1OCC(C=O)N1CCC(C(Cl)=NCc2ccccc2)=C(N)C1=O. The van der Waals surface area contributed by atoms with E-state index >= 15 is 0 Å². The number of halogens is 1. The van der Waals surface area contributed by atoms with Crippen LogP contribution in [-0.2, 0) is 16.1 Å². The van der Waals surface area contributed by atoms with Gasteiger partial charge in [-0.2, -0.15) is 0 Å². The van der Waals surface area contributed by atoms with Crippen molar-refractivity contribution in [3.8, 4) is 17.6 Å². The van der Waals surface area contributed by atoms with E-state index in [1.54, 1.807) is 0 Å². The quantitative estimate of drug-likeness (QED) is 0.284. The molecule has 2 aromatic carbocycles. The fourth-order valence-electron chi connectivity index (χ4n) is 4.55. The van der Waals surface area contributed by atoms with Crippen molar-refractivity contribution in [1.29, 1.82) is 0 Å². The summed E-state index contributed by atoms with van der Waals surface area (Å²) in [6.07, 6.45) is 3.31. The fourth-order valence-corrected chi connectivity index (χ4v) is 4.80. The van der Waals surface area contributed by atoms with Crippen LogP contribution in [0.5, 0.6) is 5.75 Å². The highest BCUT2D eigenvalue weighted by Crippen LogP contribution is 2.29. The Labute approximate surface area is 234 Å². The lowest BCUT2D eigenvalue weighted by Gasteiger charge is -2.32. The van der Waals surface area contributed by atoms with Gasteiger partial charge in [0.25, 0.3) is 5.91 Å². The molecule has 2 heterocycles. The summed E-state index contributed by atoms with van der Waals surface area (Å²) < 4.78 is 6.05. The van der Waals surface area contributed by atoms with E-state index in [0.29, 0.717) is 30.6 Å². The van der Waals surface area contributed by atoms with Crippen molar-refractivity contribution in [2.75, 3.05) is 38.7 Å².